The Labute approximate surface area is 119 Å². The van der Waals surface area contributed by atoms with Crippen molar-refractivity contribution in [2.24, 2.45) is 11.7 Å². The van der Waals surface area contributed by atoms with Gasteiger partial charge in [0.25, 0.3) is 0 Å². The van der Waals surface area contributed by atoms with Crippen molar-refractivity contribution in [3.05, 3.63) is 24.3 Å². The summed E-state index contributed by atoms with van der Waals surface area (Å²) in [5, 5.41) is 2.62. The Bertz CT molecular complexity index is 570. The normalized spacial score (nSPS) is 14.6. The Hall–Kier alpha value is -1.44. The maximum atomic E-state index is 12.1. The predicted molar refractivity (Wildman–Crippen MR) is 78.7 cm³/mol. The minimum Gasteiger partial charge on any atom is -0.327 e. The third kappa shape index (κ3) is 4.03. The van der Waals surface area contributed by atoms with E-state index in [-0.39, 0.29) is 29.1 Å². The van der Waals surface area contributed by atoms with E-state index in [4.69, 9.17) is 5.73 Å². The highest BCUT2D eigenvalue weighted by Crippen LogP contribution is 2.21. The number of nitrogens with two attached hydrogens (primary N) is 1. The first kappa shape index (κ1) is 16.6. The summed E-state index contributed by atoms with van der Waals surface area (Å²) in [5.74, 6) is -0.718. The summed E-state index contributed by atoms with van der Waals surface area (Å²) in [6.45, 7) is 5.39. The van der Waals surface area contributed by atoms with E-state index in [1.807, 2.05) is 0 Å². The Morgan fingerprint density at radius 3 is 2.45 bits per heavy atom. The first-order valence-electron chi connectivity index (χ1n) is 6.44. The first-order chi connectivity index (χ1) is 9.29. The van der Waals surface area contributed by atoms with Crippen LogP contribution in [0.1, 0.15) is 20.8 Å². The van der Waals surface area contributed by atoms with Gasteiger partial charge < -0.3 is 11.1 Å². The number of rotatable bonds is 6. The zero-order valence-electron chi connectivity index (χ0n) is 11.9. The van der Waals surface area contributed by atoms with E-state index >= 15 is 0 Å². The smallest absolute Gasteiger partial charge is 0.242 e. The van der Waals surface area contributed by atoms with Gasteiger partial charge in [-0.25, -0.2) is 13.1 Å². The molecule has 0 aromatic heterocycles. The average molecular weight is 299 g/mol. The SMILES string of the molecule is CCNS(=O)(=O)c1ccccc1NC(=O)C(C)C(C)N. The minimum absolute atomic E-state index is 0.0482. The largest absolute Gasteiger partial charge is 0.327 e. The number of carbonyl (C=O) groups is 1. The molecule has 2 atom stereocenters. The van der Waals surface area contributed by atoms with Crippen LogP contribution in [0.3, 0.4) is 0 Å². The molecule has 1 aromatic carbocycles. The van der Waals surface area contributed by atoms with Crippen molar-refractivity contribution >= 4 is 21.6 Å². The fraction of sp³-hybridized carbons (Fsp3) is 0.462. The Morgan fingerprint density at radius 1 is 1.30 bits per heavy atom. The number of carbonyl (C=O) groups excluding carboxylic acids is 1. The molecule has 1 amide bonds. The Balaban J connectivity index is 3.06. The number of hydrogen-bond acceptors (Lipinski definition) is 4. The summed E-state index contributed by atoms with van der Waals surface area (Å²) < 4.78 is 26.5. The summed E-state index contributed by atoms with van der Waals surface area (Å²) in [4.78, 5) is 12.0. The van der Waals surface area contributed by atoms with Gasteiger partial charge in [-0.2, -0.15) is 0 Å². The highest BCUT2D eigenvalue weighted by atomic mass is 32.2. The molecule has 2 unspecified atom stereocenters. The minimum atomic E-state index is -3.63. The lowest BCUT2D eigenvalue weighted by Gasteiger charge is -2.17. The fourth-order valence-corrected chi connectivity index (χ4v) is 2.76. The van der Waals surface area contributed by atoms with Gasteiger partial charge in [0.2, 0.25) is 15.9 Å². The maximum Gasteiger partial charge on any atom is 0.242 e. The van der Waals surface area contributed by atoms with Crippen LogP contribution in [0.2, 0.25) is 0 Å². The molecule has 1 aromatic rings. The second-order valence-electron chi connectivity index (χ2n) is 4.63. The van der Waals surface area contributed by atoms with Gasteiger partial charge in [-0.15, -0.1) is 0 Å². The zero-order valence-corrected chi connectivity index (χ0v) is 12.7. The van der Waals surface area contributed by atoms with Crippen LogP contribution in [-0.2, 0) is 14.8 Å². The van der Waals surface area contributed by atoms with Crippen LogP contribution in [0.5, 0.6) is 0 Å². The van der Waals surface area contributed by atoms with E-state index in [0.29, 0.717) is 0 Å². The summed E-state index contributed by atoms with van der Waals surface area (Å²) in [7, 11) is -3.63. The van der Waals surface area contributed by atoms with Crippen molar-refractivity contribution in [3.63, 3.8) is 0 Å². The lowest BCUT2D eigenvalue weighted by atomic mass is 10.0. The highest BCUT2D eigenvalue weighted by Gasteiger charge is 2.21. The van der Waals surface area contributed by atoms with Crippen molar-refractivity contribution in [3.8, 4) is 0 Å². The maximum absolute atomic E-state index is 12.1. The number of nitrogens with one attached hydrogen (secondary N) is 2. The van der Waals surface area contributed by atoms with Crippen molar-refractivity contribution in [1.29, 1.82) is 0 Å². The molecule has 0 heterocycles. The number of benzene rings is 1. The summed E-state index contributed by atoms with van der Waals surface area (Å²) in [6, 6.07) is 5.96. The van der Waals surface area contributed by atoms with E-state index in [0.717, 1.165) is 0 Å². The molecule has 0 fully saturated rings. The molecule has 6 nitrogen and oxygen atoms in total. The molecule has 0 aliphatic rings. The molecule has 4 N–H and O–H groups in total. The topological polar surface area (TPSA) is 101 Å². The third-order valence-corrected chi connectivity index (χ3v) is 4.57. The molecular formula is C13H21N3O3S. The second-order valence-corrected chi connectivity index (χ2v) is 6.37. The average Bonchev–Trinajstić information content (AvgIpc) is 2.38. The van der Waals surface area contributed by atoms with E-state index in [1.165, 1.54) is 6.07 Å². The van der Waals surface area contributed by atoms with Crippen LogP contribution in [0.15, 0.2) is 29.2 Å². The van der Waals surface area contributed by atoms with Crippen LogP contribution in [0, 0.1) is 5.92 Å². The molecule has 7 heteroatoms. The molecule has 0 saturated heterocycles. The fourth-order valence-electron chi connectivity index (χ4n) is 1.56. The quantitative estimate of drug-likeness (QED) is 0.726. The van der Waals surface area contributed by atoms with Gasteiger partial charge in [-0.3, -0.25) is 4.79 Å². The standard InChI is InChI=1S/C13H21N3O3S/c1-4-15-20(18,19)12-8-6-5-7-11(12)16-13(17)9(2)10(3)14/h5-10,15H,4,14H2,1-3H3,(H,16,17). The lowest BCUT2D eigenvalue weighted by Crippen LogP contribution is -2.35. The second kappa shape index (κ2) is 6.83. The molecular weight excluding hydrogens is 278 g/mol. The van der Waals surface area contributed by atoms with Crippen LogP contribution >= 0.6 is 0 Å². The number of anilines is 1. The molecule has 20 heavy (non-hydrogen) atoms. The summed E-state index contributed by atoms with van der Waals surface area (Å²) in [6.07, 6.45) is 0. The molecule has 1 rings (SSSR count). The van der Waals surface area contributed by atoms with E-state index in [9.17, 15) is 13.2 Å². The van der Waals surface area contributed by atoms with Gasteiger partial charge in [0.05, 0.1) is 11.6 Å². The van der Waals surface area contributed by atoms with E-state index in [1.54, 1.807) is 39.0 Å². The highest BCUT2D eigenvalue weighted by molar-refractivity contribution is 7.89. The number of amides is 1. The molecule has 0 saturated carbocycles. The van der Waals surface area contributed by atoms with Gasteiger partial charge in [0.15, 0.2) is 0 Å². The zero-order chi connectivity index (χ0) is 15.3. The number of para-hydroxylation sites is 1. The molecule has 0 aliphatic carbocycles. The monoisotopic (exact) mass is 299 g/mol. The number of sulfonamides is 1. The van der Waals surface area contributed by atoms with Crippen molar-refractivity contribution < 1.29 is 13.2 Å². The molecule has 0 radical (unpaired) electrons. The van der Waals surface area contributed by atoms with Gasteiger partial charge in [-0.05, 0) is 19.1 Å². The first-order valence-corrected chi connectivity index (χ1v) is 7.93. The lowest BCUT2D eigenvalue weighted by molar-refractivity contribution is -0.119. The molecule has 0 aliphatic heterocycles. The Kier molecular flexibility index (Phi) is 5.67. The summed E-state index contributed by atoms with van der Waals surface area (Å²) >= 11 is 0. The van der Waals surface area contributed by atoms with Crippen molar-refractivity contribution in [2.75, 3.05) is 11.9 Å². The van der Waals surface area contributed by atoms with Crippen molar-refractivity contribution in [2.45, 2.75) is 31.7 Å². The van der Waals surface area contributed by atoms with Gasteiger partial charge >= 0.3 is 0 Å². The van der Waals surface area contributed by atoms with Gasteiger partial charge in [0, 0.05) is 12.6 Å². The van der Waals surface area contributed by atoms with Crippen molar-refractivity contribution in [1.82, 2.24) is 4.72 Å². The van der Waals surface area contributed by atoms with Crippen LogP contribution in [-0.4, -0.2) is 26.9 Å². The summed E-state index contributed by atoms with van der Waals surface area (Å²) in [5.41, 5.74) is 5.93. The predicted octanol–water partition coefficient (Wildman–Crippen LogP) is 0.907. The van der Waals surface area contributed by atoms with E-state index < -0.39 is 15.9 Å². The molecule has 0 spiro atoms. The molecule has 0 bridgehead atoms. The number of hydrogen-bond donors (Lipinski definition) is 3. The van der Waals surface area contributed by atoms with E-state index in [2.05, 4.69) is 10.0 Å². The molecule has 112 valence electrons. The Morgan fingerprint density at radius 2 is 1.90 bits per heavy atom. The van der Waals surface area contributed by atoms with Crippen LogP contribution in [0.4, 0.5) is 5.69 Å². The van der Waals surface area contributed by atoms with Crippen LogP contribution < -0.4 is 15.8 Å². The van der Waals surface area contributed by atoms with Gasteiger partial charge in [-0.1, -0.05) is 26.0 Å². The third-order valence-electron chi connectivity index (χ3n) is 2.97. The van der Waals surface area contributed by atoms with Gasteiger partial charge in [0.1, 0.15) is 4.90 Å². The van der Waals surface area contributed by atoms with Crippen LogP contribution in [0.25, 0.3) is 0 Å².